The van der Waals surface area contributed by atoms with Crippen LogP contribution in [0.15, 0.2) is 29.9 Å². The fourth-order valence-electron chi connectivity index (χ4n) is 6.23. The van der Waals surface area contributed by atoms with Crippen molar-refractivity contribution in [2.24, 2.45) is 17.8 Å². The summed E-state index contributed by atoms with van der Waals surface area (Å²) in [6, 6.07) is 3.59. The van der Waals surface area contributed by atoms with E-state index in [1.807, 2.05) is 5.38 Å². The lowest BCUT2D eigenvalue weighted by molar-refractivity contribution is -0.00696. The highest BCUT2D eigenvalue weighted by Gasteiger charge is 2.52. The summed E-state index contributed by atoms with van der Waals surface area (Å²) >= 11 is 1.60. The van der Waals surface area contributed by atoms with Crippen molar-refractivity contribution >= 4 is 28.7 Å². The molecule has 0 spiro atoms. The second kappa shape index (κ2) is 5.77. The third kappa shape index (κ3) is 2.29. The summed E-state index contributed by atoms with van der Waals surface area (Å²) < 4.78 is 16.2. The summed E-state index contributed by atoms with van der Waals surface area (Å²) in [6.45, 7) is 0. The van der Waals surface area contributed by atoms with Crippen molar-refractivity contribution in [2.45, 2.75) is 43.9 Å². The number of rotatable bonds is 2. The molecular formula is C20H21ClFN3S. The first-order valence-electron chi connectivity index (χ1n) is 9.28. The maximum absolute atomic E-state index is 14.2. The third-order valence-corrected chi connectivity index (χ3v) is 7.67. The molecule has 136 valence electrons. The standard InChI is InChI=1S/C20H20FN3S.ClH/c21-18-15(2-1-3-22-18)16-11-25-19-23-17(10-24(16)19)20-7-12-4-13(8-20)6-14(5-12)9-20;/h1-3,10-14H,4-9H2;1H. The minimum atomic E-state index is -0.410. The van der Waals surface area contributed by atoms with Gasteiger partial charge in [-0.25, -0.2) is 9.97 Å². The van der Waals surface area contributed by atoms with E-state index < -0.39 is 5.95 Å². The zero-order chi connectivity index (χ0) is 16.6. The van der Waals surface area contributed by atoms with Gasteiger partial charge in [-0.1, -0.05) is 0 Å². The van der Waals surface area contributed by atoms with E-state index in [1.54, 1.807) is 23.5 Å². The van der Waals surface area contributed by atoms with Crippen molar-refractivity contribution in [1.29, 1.82) is 0 Å². The van der Waals surface area contributed by atoms with Gasteiger partial charge in [-0.15, -0.1) is 23.7 Å². The number of hydrogen-bond acceptors (Lipinski definition) is 3. The Bertz CT molecular complexity index is 943. The summed E-state index contributed by atoms with van der Waals surface area (Å²) in [5.74, 6) is 2.30. The minimum Gasteiger partial charge on any atom is -0.290 e. The van der Waals surface area contributed by atoms with Gasteiger partial charge in [0.05, 0.1) is 17.0 Å². The molecule has 7 rings (SSSR count). The van der Waals surface area contributed by atoms with E-state index in [9.17, 15) is 4.39 Å². The molecule has 0 N–H and O–H groups in total. The lowest BCUT2D eigenvalue weighted by atomic mass is 9.49. The highest BCUT2D eigenvalue weighted by Crippen LogP contribution is 2.60. The summed E-state index contributed by atoms with van der Waals surface area (Å²) in [5, 5.41) is 1.99. The van der Waals surface area contributed by atoms with Crippen molar-refractivity contribution in [3.8, 4) is 11.3 Å². The molecule has 0 radical (unpaired) electrons. The lowest BCUT2D eigenvalue weighted by Crippen LogP contribution is -2.48. The molecule has 0 saturated heterocycles. The molecule has 3 heterocycles. The molecule has 4 saturated carbocycles. The molecule has 0 amide bonds. The smallest absolute Gasteiger partial charge is 0.222 e. The maximum Gasteiger partial charge on any atom is 0.222 e. The number of imidazole rings is 1. The van der Waals surface area contributed by atoms with Gasteiger partial charge in [0.2, 0.25) is 5.95 Å². The van der Waals surface area contributed by atoms with E-state index in [1.165, 1.54) is 50.4 Å². The van der Waals surface area contributed by atoms with Gasteiger partial charge in [-0.2, -0.15) is 4.39 Å². The summed E-state index contributed by atoms with van der Waals surface area (Å²) in [5.41, 5.74) is 2.96. The topological polar surface area (TPSA) is 30.2 Å². The normalized spacial score (nSPS) is 32.1. The van der Waals surface area contributed by atoms with Crippen molar-refractivity contribution in [1.82, 2.24) is 14.4 Å². The number of nitrogens with zero attached hydrogens (tertiary/aromatic N) is 3. The monoisotopic (exact) mass is 389 g/mol. The van der Waals surface area contributed by atoms with E-state index in [2.05, 4.69) is 15.6 Å². The number of hydrogen-bond donors (Lipinski definition) is 0. The van der Waals surface area contributed by atoms with Gasteiger partial charge in [0.1, 0.15) is 0 Å². The van der Waals surface area contributed by atoms with Crippen LogP contribution >= 0.6 is 23.7 Å². The zero-order valence-electron chi connectivity index (χ0n) is 14.4. The Balaban J connectivity index is 0.00000150. The summed E-state index contributed by atoms with van der Waals surface area (Å²) in [6.07, 6.45) is 11.9. The van der Waals surface area contributed by atoms with Crippen LogP contribution in [0.5, 0.6) is 0 Å². The molecule has 4 fully saturated rings. The molecule has 0 aliphatic heterocycles. The largest absolute Gasteiger partial charge is 0.290 e. The third-order valence-electron chi connectivity index (χ3n) is 6.83. The Morgan fingerprint density at radius 2 is 1.81 bits per heavy atom. The second-order valence-electron chi connectivity index (χ2n) is 8.44. The first kappa shape index (κ1) is 16.7. The Labute approximate surface area is 162 Å². The number of halogens is 2. The first-order valence-corrected chi connectivity index (χ1v) is 10.2. The summed E-state index contributed by atoms with van der Waals surface area (Å²) in [7, 11) is 0. The molecule has 4 aliphatic carbocycles. The number of fused-ring (bicyclic) bond motifs is 1. The van der Waals surface area contributed by atoms with E-state index in [4.69, 9.17) is 4.98 Å². The van der Waals surface area contributed by atoms with Crippen LogP contribution in [0.2, 0.25) is 0 Å². The molecule has 0 aromatic carbocycles. The van der Waals surface area contributed by atoms with E-state index in [0.717, 1.165) is 28.4 Å². The minimum absolute atomic E-state index is 0. The van der Waals surface area contributed by atoms with Gasteiger partial charge in [0.15, 0.2) is 4.96 Å². The molecular weight excluding hydrogens is 369 g/mol. The second-order valence-corrected chi connectivity index (χ2v) is 9.28. The van der Waals surface area contributed by atoms with Gasteiger partial charge in [0, 0.05) is 23.2 Å². The van der Waals surface area contributed by atoms with Crippen LogP contribution < -0.4 is 0 Å². The van der Waals surface area contributed by atoms with Crippen LogP contribution in [-0.4, -0.2) is 14.4 Å². The summed E-state index contributed by atoms with van der Waals surface area (Å²) in [4.78, 5) is 9.80. The van der Waals surface area contributed by atoms with Crippen LogP contribution in [-0.2, 0) is 5.41 Å². The Morgan fingerprint density at radius 3 is 2.46 bits per heavy atom. The molecule has 0 unspecified atom stereocenters. The molecule has 4 aliphatic rings. The molecule has 26 heavy (non-hydrogen) atoms. The van der Waals surface area contributed by atoms with Gasteiger partial charge < -0.3 is 0 Å². The Hall–Kier alpha value is -1.46. The number of pyridine rings is 1. The van der Waals surface area contributed by atoms with Gasteiger partial charge in [-0.05, 0) is 68.4 Å². The van der Waals surface area contributed by atoms with Crippen molar-refractivity contribution in [3.05, 3.63) is 41.5 Å². The Kier molecular flexibility index (Phi) is 3.70. The molecule has 6 heteroatoms. The van der Waals surface area contributed by atoms with Crippen LogP contribution in [0.3, 0.4) is 0 Å². The fourth-order valence-corrected chi connectivity index (χ4v) is 7.11. The van der Waals surface area contributed by atoms with Crippen molar-refractivity contribution < 1.29 is 4.39 Å². The average Bonchev–Trinajstić information content (AvgIpc) is 3.15. The maximum atomic E-state index is 14.2. The highest BCUT2D eigenvalue weighted by molar-refractivity contribution is 7.15. The quantitative estimate of drug-likeness (QED) is 0.543. The molecule has 4 bridgehead atoms. The van der Waals surface area contributed by atoms with E-state index in [-0.39, 0.29) is 17.8 Å². The predicted molar refractivity (Wildman–Crippen MR) is 103 cm³/mol. The predicted octanol–water partition coefficient (Wildman–Crippen LogP) is 5.49. The number of aromatic nitrogens is 3. The SMILES string of the molecule is Cl.Fc1ncccc1-c1csc2nc(C34CC5CC(CC(C5)C3)C4)cn12. The number of thiazole rings is 1. The van der Waals surface area contributed by atoms with Gasteiger partial charge in [0.25, 0.3) is 0 Å². The zero-order valence-corrected chi connectivity index (χ0v) is 16.0. The van der Waals surface area contributed by atoms with Crippen molar-refractivity contribution in [2.75, 3.05) is 0 Å². The lowest BCUT2D eigenvalue weighted by Gasteiger charge is -2.56. The average molecular weight is 390 g/mol. The molecule has 3 aromatic rings. The van der Waals surface area contributed by atoms with Crippen LogP contribution in [0.1, 0.15) is 44.2 Å². The van der Waals surface area contributed by atoms with Crippen LogP contribution in [0, 0.1) is 23.7 Å². The van der Waals surface area contributed by atoms with Gasteiger partial charge >= 0.3 is 0 Å². The van der Waals surface area contributed by atoms with E-state index >= 15 is 0 Å². The van der Waals surface area contributed by atoms with Crippen molar-refractivity contribution in [3.63, 3.8) is 0 Å². The Morgan fingerprint density at radius 1 is 1.12 bits per heavy atom. The van der Waals surface area contributed by atoms with E-state index in [0.29, 0.717) is 5.56 Å². The molecule has 3 aromatic heterocycles. The van der Waals surface area contributed by atoms with Crippen LogP contribution in [0.4, 0.5) is 4.39 Å². The molecule has 0 atom stereocenters. The van der Waals surface area contributed by atoms with Gasteiger partial charge in [-0.3, -0.25) is 4.40 Å². The van der Waals surface area contributed by atoms with Crippen LogP contribution in [0.25, 0.3) is 16.2 Å². The highest BCUT2D eigenvalue weighted by atomic mass is 35.5. The first-order chi connectivity index (χ1) is 12.2. The molecule has 3 nitrogen and oxygen atoms in total. The fraction of sp³-hybridized carbons (Fsp3) is 0.500.